The van der Waals surface area contributed by atoms with E-state index >= 15 is 0 Å². The summed E-state index contributed by atoms with van der Waals surface area (Å²) >= 11 is 0. The van der Waals surface area contributed by atoms with Crippen LogP contribution in [0.4, 0.5) is 10.3 Å². The maximum Gasteiger partial charge on any atom is 0.243 e. The molecule has 0 atom stereocenters. The number of amides is 1. The van der Waals surface area contributed by atoms with Crippen LogP contribution in [0.15, 0.2) is 83.9 Å². The Kier molecular flexibility index (Phi) is 7.14. The van der Waals surface area contributed by atoms with E-state index in [0.29, 0.717) is 16.9 Å². The van der Waals surface area contributed by atoms with Gasteiger partial charge in [0.25, 0.3) is 0 Å². The first-order valence-corrected chi connectivity index (χ1v) is 13.9. The molecule has 1 N–H and O–H groups in total. The summed E-state index contributed by atoms with van der Waals surface area (Å²) in [6, 6.07) is 20.8. The minimum Gasteiger partial charge on any atom is -0.294 e. The second kappa shape index (κ2) is 10.5. The maximum atomic E-state index is 14.4. The van der Waals surface area contributed by atoms with E-state index in [9.17, 15) is 17.6 Å². The second-order valence-corrected chi connectivity index (χ2v) is 11.7. The monoisotopic (exact) mass is 532 g/mol. The lowest BCUT2D eigenvalue weighted by Gasteiger charge is -2.22. The summed E-state index contributed by atoms with van der Waals surface area (Å²) in [6.45, 7) is 3.48. The van der Waals surface area contributed by atoms with Gasteiger partial charge in [0.05, 0.1) is 22.8 Å². The molecule has 5 rings (SSSR count). The van der Waals surface area contributed by atoms with E-state index in [1.807, 2.05) is 37.3 Å². The van der Waals surface area contributed by atoms with E-state index in [0.717, 1.165) is 24.0 Å². The molecule has 1 fully saturated rings. The van der Waals surface area contributed by atoms with E-state index in [2.05, 4.69) is 10.3 Å². The highest BCUT2D eigenvalue weighted by Gasteiger charge is 2.33. The number of nitrogens with one attached hydrogen (secondary N) is 1. The number of aryl methyl sites for hydroxylation is 2. The summed E-state index contributed by atoms with van der Waals surface area (Å²) in [4.78, 5) is 18.0. The molecule has 38 heavy (non-hydrogen) atoms. The van der Waals surface area contributed by atoms with Gasteiger partial charge in [-0.3, -0.25) is 14.7 Å². The number of imidazole rings is 1. The molecule has 1 aliphatic carbocycles. The smallest absolute Gasteiger partial charge is 0.243 e. The largest absolute Gasteiger partial charge is 0.294 e. The summed E-state index contributed by atoms with van der Waals surface area (Å²) in [7, 11) is -3.87. The van der Waals surface area contributed by atoms with E-state index in [4.69, 9.17) is 0 Å². The minimum absolute atomic E-state index is 0.152. The molecule has 0 radical (unpaired) electrons. The van der Waals surface area contributed by atoms with Crippen LogP contribution in [0.3, 0.4) is 0 Å². The molecule has 1 saturated carbocycles. The van der Waals surface area contributed by atoms with E-state index in [-0.39, 0.29) is 35.7 Å². The summed E-state index contributed by atoms with van der Waals surface area (Å²) in [5.41, 5.74) is 3.35. The first kappa shape index (κ1) is 25.8. The molecule has 0 aliphatic heterocycles. The Bertz CT molecular complexity index is 1560. The Morgan fingerprint density at radius 1 is 1.05 bits per heavy atom. The van der Waals surface area contributed by atoms with Crippen molar-refractivity contribution in [1.29, 1.82) is 0 Å². The van der Waals surface area contributed by atoms with Crippen LogP contribution >= 0.6 is 0 Å². The number of nitrogens with zero attached hydrogens (tertiary/aromatic N) is 3. The first-order chi connectivity index (χ1) is 18.2. The summed E-state index contributed by atoms with van der Waals surface area (Å²) in [5, 5.41) is 2.77. The van der Waals surface area contributed by atoms with Crippen LogP contribution in [0.25, 0.3) is 16.9 Å². The number of aromatic nitrogens is 2. The molecule has 196 valence electrons. The molecule has 1 amide bonds. The SMILES string of the molecule is Cc1ccc(S(=O)(=O)N(CC(=O)Nc2nc(-c3ccccc3)cn2-c2ccc(C)c(F)c2)CC2CC2)cc1. The lowest BCUT2D eigenvalue weighted by molar-refractivity contribution is -0.116. The van der Waals surface area contributed by atoms with Gasteiger partial charge in [0.2, 0.25) is 21.9 Å². The van der Waals surface area contributed by atoms with Crippen molar-refractivity contribution >= 4 is 21.9 Å². The number of anilines is 1. The molecule has 0 spiro atoms. The number of carbonyl (C=O) groups is 1. The molecule has 3 aromatic carbocycles. The number of benzene rings is 3. The molecule has 4 aromatic rings. The van der Waals surface area contributed by atoms with Gasteiger partial charge >= 0.3 is 0 Å². The van der Waals surface area contributed by atoms with Crippen molar-refractivity contribution in [1.82, 2.24) is 13.9 Å². The van der Waals surface area contributed by atoms with Gasteiger partial charge in [-0.1, -0.05) is 54.1 Å². The van der Waals surface area contributed by atoms with Crippen molar-refractivity contribution < 1.29 is 17.6 Å². The number of halogens is 1. The van der Waals surface area contributed by atoms with Crippen molar-refractivity contribution in [3.05, 3.63) is 95.9 Å². The van der Waals surface area contributed by atoms with Gasteiger partial charge in [-0.05, 0) is 62.4 Å². The number of carbonyl (C=O) groups excluding carboxylic acids is 1. The van der Waals surface area contributed by atoms with Crippen molar-refractivity contribution in [2.24, 2.45) is 5.92 Å². The molecule has 0 unspecified atom stereocenters. The molecular weight excluding hydrogens is 503 g/mol. The number of sulfonamides is 1. The molecule has 1 aliphatic rings. The van der Waals surface area contributed by atoms with Crippen LogP contribution in [0.5, 0.6) is 0 Å². The highest BCUT2D eigenvalue weighted by atomic mass is 32.2. The minimum atomic E-state index is -3.87. The first-order valence-electron chi connectivity index (χ1n) is 12.5. The fourth-order valence-corrected chi connectivity index (χ4v) is 5.64. The van der Waals surface area contributed by atoms with Crippen LogP contribution in [0.1, 0.15) is 24.0 Å². The summed E-state index contributed by atoms with van der Waals surface area (Å²) in [5.74, 6) is -0.489. The zero-order valence-electron chi connectivity index (χ0n) is 21.3. The lowest BCUT2D eigenvalue weighted by atomic mass is 10.2. The van der Waals surface area contributed by atoms with Crippen molar-refractivity contribution in [2.45, 2.75) is 31.6 Å². The molecule has 0 saturated heterocycles. The lowest BCUT2D eigenvalue weighted by Crippen LogP contribution is -2.39. The predicted octanol–water partition coefficient (Wildman–Crippen LogP) is 5.33. The quantitative estimate of drug-likeness (QED) is 0.316. The predicted molar refractivity (Wildman–Crippen MR) is 145 cm³/mol. The second-order valence-electron chi connectivity index (χ2n) is 9.72. The molecule has 1 heterocycles. The summed E-state index contributed by atoms with van der Waals surface area (Å²) in [6.07, 6.45) is 3.59. The van der Waals surface area contributed by atoms with Gasteiger partial charge in [0.1, 0.15) is 5.82 Å². The molecule has 1 aromatic heterocycles. The Hall–Kier alpha value is -3.82. The van der Waals surface area contributed by atoms with Crippen molar-refractivity contribution in [2.75, 3.05) is 18.4 Å². The van der Waals surface area contributed by atoms with E-state index < -0.39 is 15.9 Å². The maximum absolute atomic E-state index is 14.4. The normalized spacial score (nSPS) is 13.6. The fraction of sp³-hybridized carbons (Fsp3) is 0.241. The van der Waals surface area contributed by atoms with Crippen LogP contribution in [-0.2, 0) is 14.8 Å². The van der Waals surface area contributed by atoms with Gasteiger partial charge in [0.15, 0.2) is 0 Å². The molecular formula is C29H29FN4O3S. The number of rotatable bonds is 9. The number of hydrogen-bond acceptors (Lipinski definition) is 4. The van der Waals surface area contributed by atoms with Gasteiger partial charge < -0.3 is 0 Å². The molecule has 9 heteroatoms. The Morgan fingerprint density at radius 3 is 2.42 bits per heavy atom. The van der Waals surface area contributed by atoms with Crippen LogP contribution in [0.2, 0.25) is 0 Å². The molecule has 7 nitrogen and oxygen atoms in total. The van der Waals surface area contributed by atoms with Gasteiger partial charge in [-0.25, -0.2) is 17.8 Å². The molecule has 0 bridgehead atoms. The standard InChI is InChI=1S/C29H29FN4O3S/c1-20-8-14-25(15-9-20)38(36,37)33(17-22-11-12-22)19-28(35)32-29-31-27(23-6-4-3-5-7-23)18-34(29)24-13-10-21(2)26(30)16-24/h3-10,13-16,18,22H,11-12,17,19H2,1-2H3,(H,31,32,35). The zero-order valence-corrected chi connectivity index (χ0v) is 22.1. The van der Waals surface area contributed by atoms with E-state index in [1.165, 1.54) is 10.4 Å². The van der Waals surface area contributed by atoms with Gasteiger partial charge in [-0.15, -0.1) is 0 Å². The average Bonchev–Trinajstić information content (AvgIpc) is 3.63. The topological polar surface area (TPSA) is 84.3 Å². The summed E-state index contributed by atoms with van der Waals surface area (Å²) < 4.78 is 44.1. The van der Waals surface area contributed by atoms with Gasteiger partial charge in [-0.2, -0.15) is 4.31 Å². The third-order valence-corrected chi connectivity index (χ3v) is 8.42. The Morgan fingerprint density at radius 2 is 1.76 bits per heavy atom. The Balaban J connectivity index is 1.45. The average molecular weight is 533 g/mol. The third kappa shape index (κ3) is 5.69. The highest BCUT2D eigenvalue weighted by Crippen LogP contribution is 2.32. The van der Waals surface area contributed by atoms with Gasteiger partial charge in [0, 0.05) is 18.3 Å². The van der Waals surface area contributed by atoms with Crippen LogP contribution < -0.4 is 5.32 Å². The van der Waals surface area contributed by atoms with Crippen LogP contribution in [-0.4, -0.2) is 41.3 Å². The zero-order chi connectivity index (χ0) is 26.9. The number of hydrogen-bond donors (Lipinski definition) is 1. The Labute approximate surface area is 222 Å². The van der Waals surface area contributed by atoms with Crippen molar-refractivity contribution in [3.8, 4) is 16.9 Å². The third-order valence-electron chi connectivity index (χ3n) is 6.60. The fourth-order valence-electron chi connectivity index (χ4n) is 4.16. The highest BCUT2D eigenvalue weighted by molar-refractivity contribution is 7.89. The van der Waals surface area contributed by atoms with Crippen molar-refractivity contribution in [3.63, 3.8) is 0 Å². The van der Waals surface area contributed by atoms with E-state index in [1.54, 1.807) is 54.1 Å². The van der Waals surface area contributed by atoms with Crippen LogP contribution in [0, 0.1) is 25.6 Å².